The monoisotopic (exact) mass is 375 g/mol. The highest BCUT2D eigenvalue weighted by Crippen LogP contribution is 2.23. The third-order valence-electron chi connectivity index (χ3n) is 4.24. The van der Waals surface area contributed by atoms with Gasteiger partial charge in [0.2, 0.25) is 0 Å². The molecule has 1 saturated heterocycles. The van der Waals surface area contributed by atoms with Crippen LogP contribution in [-0.4, -0.2) is 74.7 Å². The van der Waals surface area contributed by atoms with E-state index in [1.54, 1.807) is 23.1 Å². The maximum atomic E-state index is 12.2. The first-order valence-electron chi connectivity index (χ1n) is 8.92. The van der Waals surface area contributed by atoms with E-state index in [0.717, 1.165) is 13.1 Å². The number of fused-ring (bicyclic) bond motifs is 1. The predicted molar refractivity (Wildman–Crippen MR) is 102 cm³/mol. The first kappa shape index (κ1) is 19.1. The summed E-state index contributed by atoms with van der Waals surface area (Å²) in [6.45, 7) is 5.61. The number of aromatic nitrogens is 1. The molecule has 2 N–H and O–H groups in total. The fourth-order valence-corrected chi connectivity index (χ4v) is 2.88. The standard InChI is InChI=1S/C18H25N5O4/c1-12(11-23-6-8-26-9-7-23)19-16(24)17(25)20-13-4-5-14-15(10-13)27-18(21-14)22(2)3/h4-5,10,12H,6-9,11H2,1-3H3,(H,19,24)(H,20,25). The normalized spacial score (nSPS) is 16.1. The molecule has 27 heavy (non-hydrogen) atoms. The Kier molecular flexibility index (Phi) is 5.92. The third-order valence-corrected chi connectivity index (χ3v) is 4.24. The van der Waals surface area contributed by atoms with Crippen molar-refractivity contribution in [2.24, 2.45) is 0 Å². The molecule has 0 spiro atoms. The molecule has 1 aromatic carbocycles. The van der Waals surface area contributed by atoms with Crippen LogP contribution >= 0.6 is 0 Å². The summed E-state index contributed by atoms with van der Waals surface area (Å²) in [7, 11) is 3.66. The Morgan fingerprint density at radius 3 is 2.70 bits per heavy atom. The van der Waals surface area contributed by atoms with Gasteiger partial charge >= 0.3 is 11.8 Å². The molecule has 0 bridgehead atoms. The smallest absolute Gasteiger partial charge is 0.313 e. The van der Waals surface area contributed by atoms with Gasteiger partial charge in [-0.1, -0.05) is 0 Å². The first-order chi connectivity index (χ1) is 12.9. The maximum Gasteiger partial charge on any atom is 0.313 e. The van der Waals surface area contributed by atoms with Gasteiger partial charge in [-0.3, -0.25) is 14.5 Å². The fraction of sp³-hybridized carbons (Fsp3) is 0.500. The molecule has 1 aromatic heterocycles. The predicted octanol–water partition coefficient (Wildman–Crippen LogP) is 0.669. The summed E-state index contributed by atoms with van der Waals surface area (Å²) in [6, 6.07) is 5.41. The number of carbonyl (C=O) groups excluding carboxylic acids is 2. The Morgan fingerprint density at radius 2 is 2.00 bits per heavy atom. The zero-order valence-corrected chi connectivity index (χ0v) is 15.8. The van der Waals surface area contributed by atoms with Gasteiger partial charge < -0.3 is 24.7 Å². The van der Waals surface area contributed by atoms with Crippen LogP contribution in [0, 0.1) is 0 Å². The highest BCUT2D eigenvalue weighted by atomic mass is 16.5. The summed E-state index contributed by atoms with van der Waals surface area (Å²) in [5.41, 5.74) is 1.70. The lowest BCUT2D eigenvalue weighted by Gasteiger charge is -2.29. The summed E-state index contributed by atoms with van der Waals surface area (Å²) < 4.78 is 10.9. The molecule has 1 aliphatic heterocycles. The van der Waals surface area contributed by atoms with Crippen LogP contribution in [0.3, 0.4) is 0 Å². The molecule has 9 nitrogen and oxygen atoms in total. The van der Waals surface area contributed by atoms with E-state index in [0.29, 0.717) is 42.6 Å². The molecular weight excluding hydrogens is 350 g/mol. The molecule has 3 rings (SSSR count). The summed E-state index contributed by atoms with van der Waals surface area (Å²) in [6.07, 6.45) is 0. The number of oxazole rings is 1. The third kappa shape index (κ3) is 4.95. The zero-order chi connectivity index (χ0) is 19.4. The molecule has 2 amide bonds. The van der Waals surface area contributed by atoms with Crippen LogP contribution in [0.5, 0.6) is 0 Å². The van der Waals surface area contributed by atoms with Crippen molar-refractivity contribution in [3.8, 4) is 0 Å². The minimum atomic E-state index is -0.712. The summed E-state index contributed by atoms with van der Waals surface area (Å²) in [5, 5.41) is 5.32. The SMILES string of the molecule is CC(CN1CCOCC1)NC(=O)C(=O)Nc1ccc2nc(N(C)C)oc2c1. The molecule has 0 radical (unpaired) electrons. The van der Waals surface area contributed by atoms with Gasteiger partial charge in [0, 0.05) is 51.5 Å². The second kappa shape index (κ2) is 8.36. The molecule has 9 heteroatoms. The lowest BCUT2D eigenvalue weighted by Crippen LogP contribution is -2.48. The van der Waals surface area contributed by atoms with Crippen LogP contribution in [0.1, 0.15) is 6.92 Å². The maximum absolute atomic E-state index is 12.2. The Morgan fingerprint density at radius 1 is 1.26 bits per heavy atom. The van der Waals surface area contributed by atoms with Gasteiger partial charge in [-0.05, 0) is 19.1 Å². The number of nitrogens with zero attached hydrogens (tertiary/aromatic N) is 3. The van der Waals surface area contributed by atoms with Gasteiger partial charge in [0.1, 0.15) is 5.52 Å². The number of benzene rings is 1. The van der Waals surface area contributed by atoms with Gasteiger partial charge in [-0.15, -0.1) is 0 Å². The quantitative estimate of drug-likeness (QED) is 0.741. The van der Waals surface area contributed by atoms with Crippen molar-refractivity contribution in [1.29, 1.82) is 0 Å². The van der Waals surface area contributed by atoms with Crippen LogP contribution < -0.4 is 15.5 Å². The van der Waals surface area contributed by atoms with Crippen LogP contribution in [0.15, 0.2) is 22.6 Å². The molecule has 2 heterocycles. The van der Waals surface area contributed by atoms with Crippen molar-refractivity contribution in [3.63, 3.8) is 0 Å². The Hall–Kier alpha value is -2.65. The Balaban J connectivity index is 1.55. The molecule has 0 aliphatic carbocycles. The number of carbonyl (C=O) groups is 2. The minimum Gasteiger partial charge on any atom is -0.423 e. The second-order valence-corrected chi connectivity index (χ2v) is 6.81. The van der Waals surface area contributed by atoms with Crippen LogP contribution in [-0.2, 0) is 14.3 Å². The van der Waals surface area contributed by atoms with E-state index in [2.05, 4.69) is 20.5 Å². The molecule has 146 valence electrons. The van der Waals surface area contributed by atoms with Crippen LogP contribution in [0.4, 0.5) is 11.7 Å². The molecular formula is C18H25N5O4. The number of amides is 2. The average Bonchev–Trinajstić information content (AvgIpc) is 3.06. The number of rotatable bonds is 5. The van der Waals surface area contributed by atoms with Crippen molar-refractivity contribution in [2.75, 3.05) is 57.2 Å². The van der Waals surface area contributed by atoms with Gasteiger partial charge in [0.05, 0.1) is 13.2 Å². The van der Waals surface area contributed by atoms with E-state index in [1.165, 1.54) is 0 Å². The zero-order valence-electron chi connectivity index (χ0n) is 15.8. The summed E-state index contributed by atoms with van der Waals surface area (Å²) in [5.74, 6) is -1.38. The van der Waals surface area contributed by atoms with Gasteiger partial charge in [-0.25, -0.2) is 0 Å². The Labute approximate surface area is 157 Å². The van der Waals surface area contributed by atoms with Crippen molar-refractivity contribution in [3.05, 3.63) is 18.2 Å². The van der Waals surface area contributed by atoms with Gasteiger partial charge in [0.15, 0.2) is 5.58 Å². The van der Waals surface area contributed by atoms with E-state index in [-0.39, 0.29) is 6.04 Å². The largest absolute Gasteiger partial charge is 0.423 e. The van der Waals surface area contributed by atoms with Crippen molar-refractivity contribution in [2.45, 2.75) is 13.0 Å². The number of morpholine rings is 1. The lowest BCUT2D eigenvalue weighted by atomic mass is 10.2. The van der Waals surface area contributed by atoms with E-state index in [1.807, 2.05) is 21.0 Å². The van der Waals surface area contributed by atoms with E-state index >= 15 is 0 Å². The average molecular weight is 375 g/mol. The molecule has 1 unspecified atom stereocenters. The summed E-state index contributed by atoms with van der Waals surface area (Å²) in [4.78, 5) is 32.6. The van der Waals surface area contributed by atoms with E-state index in [9.17, 15) is 9.59 Å². The van der Waals surface area contributed by atoms with Crippen LogP contribution in [0.25, 0.3) is 11.1 Å². The van der Waals surface area contributed by atoms with Crippen molar-refractivity contribution < 1.29 is 18.7 Å². The number of hydrogen-bond donors (Lipinski definition) is 2. The number of anilines is 2. The number of nitrogens with one attached hydrogen (secondary N) is 2. The second-order valence-electron chi connectivity index (χ2n) is 6.81. The molecule has 1 fully saturated rings. The number of hydrogen-bond acceptors (Lipinski definition) is 7. The van der Waals surface area contributed by atoms with E-state index in [4.69, 9.17) is 9.15 Å². The fourth-order valence-electron chi connectivity index (χ4n) is 2.88. The topological polar surface area (TPSA) is 99.9 Å². The highest BCUT2D eigenvalue weighted by Gasteiger charge is 2.19. The molecule has 2 aromatic rings. The van der Waals surface area contributed by atoms with E-state index < -0.39 is 11.8 Å². The number of ether oxygens (including phenoxy) is 1. The minimum absolute atomic E-state index is 0.138. The van der Waals surface area contributed by atoms with Crippen molar-refractivity contribution in [1.82, 2.24) is 15.2 Å². The molecule has 0 saturated carbocycles. The molecule has 1 aliphatic rings. The Bertz CT molecular complexity index is 813. The van der Waals surface area contributed by atoms with Gasteiger partial charge in [0.25, 0.3) is 6.01 Å². The van der Waals surface area contributed by atoms with Crippen LogP contribution in [0.2, 0.25) is 0 Å². The van der Waals surface area contributed by atoms with Crippen molar-refractivity contribution >= 4 is 34.6 Å². The van der Waals surface area contributed by atoms with Gasteiger partial charge in [-0.2, -0.15) is 4.98 Å². The highest BCUT2D eigenvalue weighted by molar-refractivity contribution is 6.39. The molecule has 1 atom stereocenters. The first-order valence-corrected chi connectivity index (χ1v) is 8.92. The lowest BCUT2D eigenvalue weighted by molar-refractivity contribution is -0.136. The summed E-state index contributed by atoms with van der Waals surface area (Å²) >= 11 is 0.